The van der Waals surface area contributed by atoms with Gasteiger partial charge in [-0.3, -0.25) is 4.79 Å². The summed E-state index contributed by atoms with van der Waals surface area (Å²) in [6, 6.07) is 0. The van der Waals surface area contributed by atoms with E-state index in [9.17, 15) is 30.0 Å². The topological polar surface area (TPSA) is 124 Å². The minimum absolute atomic E-state index is 0.106. The standard InChI is InChI=1S/C28H38O7/c1-15-13-22(35-23(31)16(15)2)26(5,32)27(33)14-21(30)28(34)19-10-9-17-7-6-8-20(29)25(17,4)18(19)11-12-24(27,28)3/h6-7,9,18-19,21-22,30,32-34H,8,10-14H2,1-5H3/t18-,19+,21-,22+,24+,25-,26-,27-,28-/m0/s1. The Morgan fingerprint density at radius 3 is 2.49 bits per heavy atom. The second-order valence-corrected chi connectivity index (χ2v) is 12.3. The molecule has 7 heteroatoms. The minimum Gasteiger partial charge on any atom is -0.455 e. The maximum atomic E-state index is 13.2. The third-order valence-electron chi connectivity index (χ3n) is 11.1. The van der Waals surface area contributed by atoms with E-state index < -0.39 is 51.7 Å². The van der Waals surface area contributed by atoms with Gasteiger partial charge in [0.2, 0.25) is 0 Å². The Morgan fingerprint density at radius 1 is 1.14 bits per heavy atom. The van der Waals surface area contributed by atoms with Crippen molar-refractivity contribution < 1.29 is 34.8 Å². The Hall–Kier alpha value is -1.80. The van der Waals surface area contributed by atoms with Gasteiger partial charge in [-0.25, -0.2) is 4.79 Å². The molecule has 0 aromatic rings. The highest BCUT2D eigenvalue weighted by atomic mass is 16.6. The van der Waals surface area contributed by atoms with E-state index in [1.54, 1.807) is 20.8 Å². The Kier molecular flexibility index (Phi) is 5.24. The predicted molar refractivity (Wildman–Crippen MR) is 128 cm³/mol. The third-order valence-corrected chi connectivity index (χ3v) is 11.1. The summed E-state index contributed by atoms with van der Waals surface area (Å²) in [5.74, 6) is -1.09. The van der Waals surface area contributed by atoms with Gasteiger partial charge in [0.25, 0.3) is 0 Å². The molecule has 0 unspecified atom stereocenters. The number of rotatable bonds is 2. The van der Waals surface area contributed by atoms with Crippen LogP contribution in [0.4, 0.5) is 0 Å². The monoisotopic (exact) mass is 486 g/mol. The first-order valence-corrected chi connectivity index (χ1v) is 12.8. The van der Waals surface area contributed by atoms with Crippen molar-refractivity contribution in [2.45, 2.75) is 102 Å². The highest BCUT2D eigenvalue weighted by molar-refractivity contribution is 5.92. The molecule has 0 radical (unpaired) electrons. The molecule has 0 amide bonds. The van der Waals surface area contributed by atoms with Crippen molar-refractivity contribution in [3.63, 3.8) is 0 Å². The van der Waals surface area contributed by atoms with Crippen LogP contribution in [0.5, 0.6) is 0 Å². The van der Waals surface area contributed by atoms with Crippen molar-refractivity contribution in [2.24, 2.45) is 22.7 Å². The molecule has 2 fully saturated rings. The number of cyclic esters (lactones) is 1. The summed E-state index contributed by atoms with van der Waals surface area (Å²) < 4.78 is 5.58. The Balaban J connectivity index is 1.58. The number of fused-ring (bicyclic) bond motifs is 5. The molecule has 0 saturated heterocycles. The van der Waals surface area contributed by atoms with Crippen LogP contribution in [0.25, 0.3) is 0 Å². The lowest BCUT2D eigenvalue weighted by Gasteiger charge is -2.63. The van der Waals surface area contributed by atoms with Gasteiger partial charge in [0.05, 0.1) is 11.5 Å². The van der Waals surface area contributed by atoms with Gasteiger partial charge in [0.1, 0.15) is 28.7 Å². The zero-order chi connectivity index (χ0) is 25.8. The van der Waals surface area contributed by atoms with Gasteiger partial charge in [0, 0.05) is 30.3 Å². The number of hydrogen-bond donors (Lipinski definition) is 4. The summed E-state index contributed by atoms with van der Waals surface area (Å²) in [6.07, 6.45) is 5.20. The van der Waals surface area contributed by atoms with Gasteiger partial charge < -0.3 is 25.2 Å². The second kappa shape index (κ2) is 7.37. The highest BCUT2D eigenvalue weighted by Gasteiger charge is 2.79. The molecule has 5 aliphatic rings. The Bertz CT molecular complexity index is 1080. The fraction of sp³-hybridized carbons (Fsp3) is 0.714. The summed E-state index contributed by atoms with van der Waals surface area (Å²) in [5, 5.41) is 47.9. The maximum Gasteiger partial charge on any atom is 0.334 e. The van der Waals surface area contributed by atoms with Crippen LogP contribution < -0.4 is 0 Å². The van der Waals surface area contributed by atoms with E-state index in [-0.39, 0.29) is 24.5 Å². The summed E-state index contributed by atoms with van der Waals surface area (Å²) >= 11 is 0. The molecule has 35 heavy (non-hydrogen) atoms. The summed E-state index contributed by atoms with van der Waals surface area (Å²) in [7, 11) is 0. The summed E-state index contributed by atoms with van der Waals surface area (Å²) in [6.45, 7) is 8.60. The van der Waals surface area contributed by atoms with E-state index in [0.29, 0.717) is 31.3 Å². The van der Waals surface area contributed by atoms with Crippen LogP contribution >= 0.6 is 0 Å². The number of carbonyl (C=O) groups is 2. The van der Waals surface area contributed by atoms with Crippen molar-refractivity contribution in [2.75, 3.05) is 0 Å². The molecule has 1 aliphatic heterocycles. The lowest BCUT2D eigenvalue weighted by Crippen LogP contribution is -2.72. The normalized spacial score (nSPS) is 49.0. The number of carbonyl (C=O) groups excluding carboxylic acids is 2. The predicted octanol–water partition coefficient (Wildman–Crippen LogP) is 2.51. The minimum atomic E-state index is -1.93. The second-order valence-electron chi connectivity index (χ2n) is 12.3. The van der Waals surface area contributed by atoms with Crippen molar-refractivity contribution in [1.29, 1.82) is 0 Å². The maximum absolute atomic E-state index is 13.2. The molecule has 4 aliphatic carbocycles. The molecule has 0 aromatic carbocycles. The van der Waals surface area contributed by atoms with Gasteiger partial charge in [-0.2, -0.15) is 0 Å². The van der Waals surface area contributed by atoms with Crippen LogP contribution in [0.3, 0.4) is 0 Å². The molecule has 192 valence electrons. The van der Waals surface area contributed by atoms with Gasteiger partial charge >= 0.3 is 5.97 Å². The van der Waals surface area contributed by atoms with Crippen molar-refractivity contribution in [3.05, 3.63) is 34.9 Å². The lowest BCUT2D eigenvalue weighted by atomic mass is 9.44. The smallest absolute Gasteiger partial charge is 0.334 e. The fourth-order valence-corrected chi connectivity index (χ4v) is 8.41. The van der Waals surface area contributed by atoms with Crippen LogP contribution in [-0.2, 0) is 14.3 Å². The molecular formula is C28H38O7. The molecule has 9 atom stereocenters. The molecule has 2 saturated carbocycles. The van der Waals surface area contributed by atoms with E-state index in [1.807, 2.05) is 25.2 Å². The lowest BCUT2D eigenvalue weighted by molar-refractivity contribution is -0.283. The summed E-state index contributed by atoms with van der Waals surface area (Å²) in [4.78, 5) is 25.6. The quantitative estimate of drug-likeness (QED) is 0.442. The third kappa shape index (κ3) is 2.76. The molecule has 0 bridgehead atoms. The van der Waals surface area contributed by atoms with Gasteiger partial charge in [-0.05, 0) is 64.4 Å². The molecule has 4 N–H and O–H groups in total. The fourth-order valence-electron chi connectivity index (χ4n) is 8.41. The van der Waals surface area contributed by atoms with E-state index in [2.05, 4.69) is 0 Å². The average Bonchev–Trinajstić information content (AvgIpc) is 2.96. The Labute approximate surface area is 206 Å². The van der Waals surface area contributed by atoms with Gasteiger partial charge in [-0.1, -0.05) is 30.7 Å². The largest absolute Gasteiger partial charge is 0.455 e. The zero-order valence-corrected chi connectivity index (χ0v) is 21.3. The molecule has 1 heterocycles. The van der Waals surface area contributed by atoms with E-state index in [4.69, 9.17) is 4.74 Å². The zero-order valence-electron chi connectivity index (χ0n) is 21.3. The number of ketones is 1. The SMILES string of the molecule is CC1=C(C)C(=O)O[C@@H]([C@](C)(O)[C@]2(O)C[C@H](O)[C@@]3(O)[C@@H]4CC=C5C=CCC(=O)[C@]5(C)[C@H]4CC[C@@]32C)C1. The average molecular weight is 487 g/mol. The van der Waals surface area contributed by atoms with Crippen LogP contribution in [0.1, 0.15) is 73.1 Å². The highest BCUT2D eigenvalue weighted by Crippen LogP contribution is 2.70. The Morgan fingerprint density at radius 2 is 1.83 bits per heavy atom. The number of hydrogen-bond acceptors (Lipinski definition) is 7. The molecule has 5 rings (SSSR count). The van der Waals surface area contributed by atoms with E-state index >= 15 is 0 Å². The summed E-state index contributed by atoms with van der Waals surface area (Å²) in [5.41, 5.74) is -5.42. The number of aliphatic hydroxyl groups excluding tert-OH is 1. The van der Waals surface area contributed by atoms with E-state index in [1.165, 1.54) is 6.92 Å². The number of aliphatic hydroxyl groups is 4. The molecule has 0 spiro atoms. The van der Waals surface area contributed by atoms with Crippen LogP contribution in [0, 0.1) is 22.7 Å². The van der Waals surface area contributed by atoms with Gasteiger partial charge in [-0.15, -0.1) is 0 Å². The van der Waals surface area contributed by atoms with Crippen molar-refractivity contribution in [3.8, 4) is 0 Å². The first-order chi connectivity index (χ1) is 16.2. The van der Waals surface area contributed by atoms with Crippen LogP contribution in [0.15, 0.2) is 34.9 Å². The number of Topliss-reactive ketones (excluding diaryl/α,β-unsaturated/α-hetero) is 1. The molecular weight excluding hydrogens is 448 g/mol. The number of ether oxygens (including phenoxy) is 1. The first-order valence-electron chi connectivity index (χ1n) is 12.8. The van der Waals surface area contributed by atoms with Crippen LogP contribution in [0.2, 0.25) is 0 Å². The van der Waals surface area contributed by atoms with Crippen molar-refractivity contribution >= 4 is 11.8 Å². The number of allylic oxidation sites excluding steroid dienone is 4. The van der Waals surface area contributed by atoms with Crippen molar-refractivity contribution in [1.82, 2.24) is 0 Å². The van der Waals surface area contributed by atoms with E-state index in [0.717, 1.165) is 11.1 Å². The number of esters is 1. The first kappa shape index (κ1) is 24.9. The molecule has 0 aromatic heterocycles. The van der Waals surface area contributed by atoms with Gasteiger partial charge in [0.15, 0.2) is 0 Å². The van der Waals surface area contributed by atoms with Crippen LogP contribution in [-0.4, -0.2) is 61.2 Å². The molecule has 7 nitrogen and oxygen atoms in total.